The van der Waals surface area contributed by atoms with Gasteiger partial charge < -0.3 is 51.4 Å². The molecule has 2 aromatic carbocycles. The summed E-state index contributed by atoms with van der Waals surface area (Å²) in [4.78, 5) is 144. The first kappa shape index (κ1) is 66.3. The van der Waals surface area contributed by atoms with E-state index >= 15 is 0 Å². The van der Waals surface area contributed by atoms with Gasteiger partial charge in [0, 0.05) is 46.1 Å². The summed E-state index contributed by atoms with van der Waals surface area (Å²) in [6.07, 6.45) is -1.71. The Morgan fingerprint density at radius 3 is 2.07 bits per heavy atom. The largest absolute Gasteiger partial charge is 0.481 e. The van der Waals surface area contributed by atoms with E-state index in [1.165, 1.54) is 54.7 Å². The number of carboxylic acids is 2. The maximum absolute atomic E-state index is 14.5. The predicted molar refractivity (Wildman–Crippen MR) is 352 cm³/mol. The number of nitrogens with zero attached hydrogens (tertiary/aromatic N) is 8. The molecule has 8 N–H and O–H groups in total. The maximum atomic E-state index is 14.5. The Bertz CT molecular complexity index is 4330. The van der Waals surface area contributed by atoms with Gasteiger partial charge in [-0.15, -0.1) is 68.0 Å². The average molecular weight is 1390 g/mol. The summed E-state index contributed by atoms with van der Waals surface area (Å²) in [7, 11) is 2.91. The first-order chi connectivity index (χ1) is 45.2. The van der Waals surface area contributed by atoms with Gasteiger partial charge in [-0.05, 0) is 80.5 Å². The molecule has 9 aromatic rings. The minimum absolute atomic E-state index is 0.0179. The summed E-state index contributed by atoms with van der Waals surface area (Å²) in [6, 6.07) is 14.8. The van der Waals surface area contributed by atoms with E-state index in [0.29, 0.717) is 88.7 Å². The third-order valence-corrected chi connectivity index (χ3v) is 21.0. The number of aryl methyl sites for hydroxylation is 1. The number of carboxylic acid groups (broad SMARTS) is 2. The molecule has 1 saturated carbocycles. The van der Waals surface area contributed by atoms with Gasteiger partial charge in [0.15, 0.2) is 5.82 Å². The molecule has 8 heterocycles. The molecule has 10 bridgehead atoms. The lowest BCUT2D eigenvalue weighted by atomic mass is 9.87. The van der Waals surface area contributed by atoms with Crippen molar-refractivity contribution in [1.29, 1.82) is 0 Å². The molecular formula is C62H59N13O13S6. The number of thiazole rings is 6. The number of pyridine rings is 1. The van der Waals surface area contributed by atoms with Gasteiger partial charge in [0.05, 0.1) is 59.4 Å². The minimum atomic E-state index is -1.32. The van der Waals surface area contributed by atoms with Crippen LogP contribution in [-0.2, 0) is 30.5 Å². The molecule has 7 aromatic heterocycles. The molecule has 32 heteroatoms. The van der Waals surface area contributed by atoms with E-state index < -0.39 is 90.4 Å². The van der Waals surface area contributed by atoms with Crippen molar-refractivity contribution >= 4 is 127 Å². The lowest BCUT2D eigenvalue weighted by molar-refractivity contribution is -0.143. The Labute approximate surface area is 560 Å². The number of aliphatic carboxylic acids is 1. The summed E-state index contributed by atoms with van der Waals surface area (Å²) in [5.41, 5.74) is 2.44. The standard InChI is InChI=1S/C62H59N13O13S6/c1-28(2)45-59-74-48(41(94-59)23-87-5)52(80)64-22-44(77)71-49(50(78)30-9-7-6-8-10-30)58-69-40(26-91-58)56-67-38(24-90-56)47-35(54-68-39(25-89-54)51(79)66-37(21-43(76)63-4)57-73-46(29(3)93-57)53(81)72-45)19-20-36(65-47)55-70-42(27-92-55)75(33-15-11-31(12-16-33)60(82)83)62(86)88-34-17-13-32(14-18-34)61(84)85/h6-12,15-16,19-20,24-28,32,34,37,45,49-50,78H,13-14,17-18,21-23H2,1-5H3,(H,63,76)(H,64,80)(H,66,79)(H,71,77)(H,72,81)(H,82,83)(H,84,85)/t32-,34-,37-,45?,49-,50-/m0/s1. The molecule has 486 valence electrons. The molecule has 26 nitrogen and oxygen atoms in total. The van der Waals surface area contributed by atoms with Gasteiger partial charge in [-0.1, -0.05) is 44.2 Å². The fraction of sp³-hybridized carbons (Fsp3) is 0.306. The number of hydrogen-bond acceptors (Lipinski definition) is 24. The number of nitrogens with one attached hydrogen (secondary N) is 5. The van der Waals surface area contributed by atoms with Gasteiger partial charge >= 0.3 is 18.0 Å². The highest BCUT2D eigenvalue weighted by atomic mass is 32.1. The molecule has 0 spiro atoms. The molecule has 1 aliphatic heterocycles. The number of benzene rings is 2. The normalized spacial score (nSPS) is 18.2. The molecule has 1 fully saturated rings. The highest BCUT2D eigenvalue weighted by molar-refractivity contribution is 7.15. The molecule has 1 unspecified atom stereocenters. The molecule has 11 rings (SSSR count). The Morgan fingerprint density at radius 2 is 1.36 bits per heavy atom. The predicted octanol–water partition coefficient (Wildman–Crippen LogP) is 9.93. The maximum Gasteiger partial charge on any atom is 0.420 e. The number of aromatic carboxylic acids is 1. The smallest absolute Gasteiger partial charge is 0.420 e. The second-order valence-electron chi connectivity index (χ2n) is 22.0. The van der Waals surface area contributed by atoms with E-state index in [0.717, 1.165) is 56.7 Å². The molecule has 4 atom stereocenters. The zero-order valence-corrected chi connectivity index (χ0v) is 55.5. The Kier molecular flexibility index (Phi) is 20.5. The van der Waals surface area contributed by atoms with E-state index in [9.17, 15) is 53.7 Å². The van der Waals surface area contributed by atoms with Crippen LogP contribution in [0.3, 0.4) is 0 Å². The number of aromatic nitrogens is 7. The number of rotatable bonds is 13. The number of aliphatic hydroxyl groups is 1. The van der Waals surface area contributed by atoms with Crippen LogP contribution < -0.4 is 31.5 Å². The van der Waals surface area contributed by atoms with E-state index in [4.69, 9.17) is 44.4 Å². The van der Waals surface area contributed by atoms with Crippen LogP contribution in [0.25, 0.3) is 43.4 Å². The van der Waals surface area contributed by atoms with Gasteiger partial charge in [-0.3, -0.25) is 28.8 Å². The van der Waals surface area contributed by atoms with Crippen molar-refractivity contribution in [3.05, 3.63) is 141 Å². The van der Waals surface area contributed by atoms with Crippen molar-refractivity contribution in [1.82, 2.24) is 61.5 Å². The molecule has 2 aliphatic rings. The number of hydrogen-bond donors (Lipinski definition) is 8. The number of ether oxygens (including phenoxy) is 2. The lowest BCUT2D eigenvalue weighted by Gasteiger charge is -2.28. The summed E-state index contributed by atoms with van der Waals surface area (Å²) in [6.45, 7) is 4.87. The van der Waals surface area contributed by atoms with Crippen molar-refractivity contribution in [3.63, 3.8) is 0 Å². The Morgan fingerprint density at radius 1 is 0.670 bits per heavy atom. The fourth-order valence-electron chi connectivity index (χ4n) is 10.4. The zero-order valence-electron chi connectivity index (χ0n) is 50.6. The number of fused-ring (bicyclic) bond motifs is 14. The van der Waals surface area contributed by atoms with Crippen molar-refractivity contribution in [2.75, 3.05) is 25.6 Å². The zero-order chi connectivity index (χ0) is 66.5. The summed E-state index contributed by atoms with van der Waals surface area (Å²) in [5.74, 6) is -5.83. The molecule has 1 aliphatic carbocycles. The van der Waals surface area contributed by atoms with E-state index in [1.54, 1.807) is 70.9 Å². The Balaban J connectivity index is 0.987. The van der Waals surface area contributed by atoms with Crippen LogP contribution in [0.4, 0.5) is 16.3 Å². The van der Waals surface area contributed by atoms with Gasteiger partial charge in [0.25, 0.3) is 17.7 Å². The van der Waals surface area contributed by atoms with Crippen LogP contribution in [0.2, 0.25) is 0 Å². The van der Waals surface area contributed by atoms with Gasteiger partial charge in [0.1, 0.15) is 82.5 Å². The minimum Gasteiger partial charge on any atom is -0.481 e. The van der Waals surface area contributed by atoms with Crippen LogP contribution in [0, 0.1) is 18.8 Å². The first-order valence-electron chi connectivity index (χ1n) is 29.2. The second-order valence-corrected chi connectivity index (χ2v) is 27.8. The van der Waals surface area contributed by atoms with Crippen LogP contribution >= 0.6 is 68.0 Å². The SMILES string of the molecule is CNC(=O)C[C@@H]1NC(=O)c2csc(n2)-c2ccc(-c3nc(N(C(=O)O[C@H]4CC[C@H](C(=O)O)CC4)c4ccc(C(=O)O)cc4)cs3)nc2-c2csc(n2)-c2csc(n2)[C@H]([C@@H](O)c2ccccc2)NC(=O)CNC(=O)c2nc(sc2COC)C(C(C)C)NC(=O)c2nc1sc2C. The second kappa shape index (κ2) is 29.0. The summed E-state index contributed by atoms with van der Waals surface area (Å²) in [5, 5.41) is 54.0. The van der Waals surface area contributed by atoms with Crippen LogP contribution in [-0.4, -0.2) is 125 Å². The van der Waals surface area contributed by atoms with Gasteiger partial charge in [-0.2, -0.15) is 0 Å². The number of amides is 6. The van der Waals surface area contributed by atoms with Gasteiger partial charge in [-0.25, -0.2) is 49.4 Å². The molecule has 6 amide bonds. The van der Waals surface area contributed by atoms with Crippen molar-refractivity contribution in [2.45, 2.75) is 89.8 Å². The van der Waals surface area contributed by atoms with Crippen molar-refractivity contribution < 1.29 is 63.1 Å². The summed E-state index contributed by atoms with van der Waals surface area (Å²) < 4.78 is 11.4. The number of carbonyl (C=O) groups is 8. The quantitative estimate of drug-likeness (QED) is 0.0532. The highest BCUT2D eigenvalue weighted by Crippen LogP contribution is 2.41. The molecule has 0 radical (unpaired) electrons. The van der Waals surface area contributed by atoms with Crippen LogP contribution in [0.5, 0.6) is 0 Å². The van der Waals surface area contributed by atoms with E-state index in [-0.39, 0.29) is 63.8 Å². The third kappa shape index (κ3) is 14.8. The number of aliphatic hydroxyl groups excluding tert-OH is 1. The number of methoxy groups -OCH3 is 1. The lowest BCUT2D eigenvalue weighted by Crippen LogP contribution is -2.40. The number of anilines is 2. The molecular weight excluding hydrogens is 1330 g/mol. The Hall–Kier alpha value is -9.15. The van der Waals surface area contributed by atoms with E-state index in [2.05, 4.69) is 26.6 Å². The number of carbonyl (C=O) groups excluding carboxylic acids is 6. The monoisotopic (exact) mass is 1390 g/mol. The van der Waals surface area contributed by atoms with Crippen LogP contribution in [0.15, 0.2) is 88.3 Å². The molecule has 0 saturated heterocycles. The van der Waals surface area contributed by atoms with Crippen molar-refractivity contribution in [2.24, 2.45) is 11.8 Å². The highest BCUT2D eigenvalue weighted by Gasteiger charge is 2.35. The first-order valence-corrected chi connectivity index (χ1v) is 34.4. The van der Waals surface area contributed by atoms with E-state index in [1.807, 2.05) is 13.8 Å². The third-order valence-electron chi connectivity index (χ3n) is 15.3. The fourth-order valence-corrected chi connectivity index (χ4v) is 15.9. The van der Waals surface area contributed by atoms with Crippen molar-refractivity contribution in [3.8, 4) is 43.4 Å². The molecule has 94 heavy (non-hydrogen) atoms. The average Bonchev–Trinajstić information content (AvgIpc) is 1.73. The summed E-state index contributed by atoms with van der Waals surface area (Å²) >= 11 is 6.93. The topological polar surface area (TPSA) is 369 Å². The van der Waals surface area contributed by atoms with Gasteiger partial charge in [0.2, 0.25) is 11.8 Å². The van der Waals surface area contributed by atoms with Crippen LogP contribution in [0.1, 0.15) is 142 Å².